The second kappa shape index (κ2) is 3.47. The number of hydrogen-bond acceptors (Lipinski definition) is 1. The first kappa shape index (κ1) is 10.8. The number of benzene rings is 2. The van der Waals surface area contributed by atoms with Crippen molar-refractivity contribution in [3.63, 3.8) is 0 Å². The highest BCUT2D eigenvalue weighted by molar-refractivity contribution is 6.01. The van der Waals surface area contributed by atoms with Gasteiger partial charge in [0.2, 0.25) is 0 Å². The van der Waals surface area contributed by atoms with E-state index in [1.807, 2.05) is 23.1 Å². The summed E-state index contributed by atoms with van der Waals surface area (Å²) in [5.74, 6) is 0.174. The van der Waals surface area contributed by atoms with Gasteiger partial charge in [-0.2, -0.15) is 0 Å². The van der Waals surface area contributed by atoms with Gasteiger partial charge in [0.1, 0.15) is 0 Å². The van der Waals surface area contributed by atoms with Crippen LogP contribution in [-0.2, 0) is 12.0 Å². The third-order valence-electron chi connectivity index (χ3n) is 4.61. The summed E-state index contributed by atoms with van der Waals surface area (Å²) in [6.07, 6.45) is 0.950. The molecule has 2 aromatic rings. The maximum atomic E-state index is 12.6. The van der Waals surface area contributed by atoms with Crippen molar-refractivity contribution >= 4 is 5.91 Å². The van der Waals surface area contributed by atoms with E-state index in [0.717, 1.165) is 24.1 Å². The van der Waals surface area contributed by atoms with Gasteiger partial charge in [0.15, 0.2) is 0 Å². The van der Waals surface area contributed by atoms with Gasteiger partial charge in [0.05, 0.1) is 5.54 Å². The zero-order valence-corrected chi connectivity index (χ0v) is 10.9. The third kappa shape index (κ3) is 1.19. The molecule has 0 aromatic heterocycles. The minimum atomic E-state index is -0.289. The fourth-order valence-corrected chi connectivity index (χ4v) is 3.65. The van der Waals surface area contributed by atoms with Crippen LogP contribution in [0.5, 0.6) is 0 Å². The number of nitrogens with zero attached hydrogens (tertiary/aromatic N) is 1. The van der Waals surface area contributed by atoms with Gasteiger partial charge in [-0.25, -0.2) is 0 Å². The van der Waals surface area contributed by atoms with Gasteiger partial charge in [0.25, 0.3) is 5.91 Å². The van der Waals surface area contributed by atoms with Crippen LogP contribution in [-0.4, -0.2) is 17.4 Å². The summed E-state index contributed by atoms with van der Waals surface area (Å²) in [6.45, 7) is 2.98. The van der Waals surface area contributed by atoms with E-state index in [1.54, 1.807) is 0 Å². The second-order valence-corrected chi connectivity index (χ2v) is 5.48. The predicted molar refractivity (Wildman–Crippen MR) is 74.1 cm³/mol. The number of carbonyl (C=O) groups excluding carboxylic acids is 1. The molecule has 1 atom stereocenters. The normalized spacial score (nSPS) is 23.8. The first-order chi connectivity index (χ1) is 9.23. The van der Waals surface area contributed by atoms with E-state index >= 15 is 0 Å². The molecule has 0 saturated heterocycles. The summed E-state index contributed by atoms with van der Waals surface area (Å²) in [5, 5.41) is 0. The minimum absolute atomic E-state index is 0.174. The van der Waals surface area contributed by atoms with Crippen LogP contribution < -0.4 is 0 Å². The maximum absolute atomic E-state index is 12.6. The number of rotatable bonds is 0. The molecule has 2 heteroatoms. The average Bonchev–Trinajstić information content (AvgIpc) is 2.69. The monoisotopic (exact) mass is 249 g/mol. The average molecular weight is 249 g/mol. The summed E-state index contributed by atoms with van der Waals surface area (Å²) in [7, 11) is 0. The van der Waals surface area contributed by atoms with Crippen molar-refractivity contribution < 1.29 is 4.79 Å². The molecule has 2 nitrogen and oxygen atoms in total. The Morgan fingerprint density at radius 2 is 1.68 bits per heavy atom. The Bertz CT molecular complexity index is 691. The molecule has 2 aliphatic heterocycles. The predicted octanol–water partition coefficient (Wildman–Crippen LogP) is 2.96. The highest BCUT2D eigenvalue weighted by atomic mass is 16.2. The summed E-state index contributed by atoms with van der Waals surface area (Å²) < 4.78 is 0. The Labute approximate surface area is 112 Å². The largest absolute Gasteiger partial charge is 0.325 e. The van der Waals surface area contributed by atoms with Crippen molar-refractivity contribution in [3.05, 3.63) is 70.8 Å². The van der Waals surface area contributed by atoms with Crippen LogP contribution in [0, 0.1) is 0 Å². The third-order valence-corrected chi connectivity index (χ3v) is 4.61. The molecular weight excluding hydrogens is 234 g/mol. The van der Waals surface area contributed by atoms with Gasteiger partial charge < -0.3 is 4.90 Å². The van der Waals surface area contributed by atoms with Crippen LogP contribution in [0.1, 0.15) is 34.0 Å². The lowest BCUT2D eigenvalue weighted by Gasteiger charge is -2.41. The fourth-order valence-electron chi connectivity index (χ4n) is 3.65. The zero-order chi connectivity index (χ0) is 13.0. The van der Waals surface area contributed by atoms with Gasteiger partial charge in [-0.1, -0.05) is 42.5 Å². The first-order valence-corrected chi connectivity index (χ1v) is 6.73. The smallest absolute Gasteiger partial charge is 0.255 e. The first-order valence-electron chi connectivity index (χ1n) is 6.73. The van der Waals surface area contributed by atoms with E-state index in [2.05, 4.69) is 37.3 Å². The van der Waals surface area contributed by atoms with Crippen LogP contribution in [0.3, 0.4) is 0 Å². The molecule has 0 aliphatic carbocycles. The van der Waals surface area contributed by atoms with E-state index in [4.69, 9.17) is 0 Å². The van der Waals surface area contributed by atoms with Gasteiger partial charge in [0, 0.05) is 12.1 Å². The van der Waals surface area contributed by atoms with Crippen LogP contribution in [0.4, 0.5) is 0 Å². The molecule has 0 N–H and O–H groups in total. The molecule has 2 aromatic carbocycles. The molecular formula is C17H15NO. The van der Waals surface area contributed by atoms with E-state index in [1.165, 1.54) is 11.1 Å². The van der Waals surface area contributed by atoms with Gasteiger partial charge in [-0.3, -0.25) is 4.79 Å². The molecule has 0 radical (unpaired) electrons. The Hall–Kier alpha value is -2.09. The van der Waals surface area contributed by atoms with Crippen molar-refractivity contribution in [2.24, 2.45) is 0 Å². The lowest BCUT2D eigenvalue weighted by Crippen LogP contribution is -2.47. The Morgan fingerprint density at radius 3 is 2.53 bits per heavy atom. The van der Waals surface area contributed by atoms with Crippen LogP contribution in [0.15, 0.2) is 48.5 Å². The summed E-state index contributed by atoms with van der Waals surface area (Å²) in [4.78, 5) is 14.6. The van der Waals surface area contributed by atoms with E-state index in [0.29, 0.717) is 0 Å². The molecule has 4 rings (SSSR count). The number of hydrogen-bond donors (Lipinski definition) is 0. The van der Waals surface area contributed by atoms with E-state index < -0.39 is 0 Å². The van der Waals surface area contributed by atoms with E-state index in [9.17, 15) is 4.79 Å². The molecule has 94 valence electrons. The van der Waals surface area contributed by atoms with Crippen molar-refractivity contribution in [1.82, 2.24) is 4.90 Å². The molecule has 2 heterocycles. The second-order valence-electron chi connectivity index (χ2n) is 5.48. The topological polar surface area (TPSA) is 20.3 Å². The fraction of sp³-hybridized carbons (Fsp3) is 0.235. The SMILES string of the molecule is CC12c3ccccc3CCN1C(=O)c1ccccc12. The van der Waals surface area contributed by atoms with Gasteiger partial charge >= 0.3 is 0 Å². The van der Waals surface area contributed by atoms with Crippen LogP contribution in [0.25, 0.3) is 0 Å². The highest BCUT2D eigenvalue weighted by Gasteiger charge is 2.49. The lowest BCUT2D eigenvalue weighted by molar-refractivity contribution is 0.0631. The molecule has 1 amide bonds. The summed E-state index contributed by atoms with van der Waals surface area (Å²) in [5.41, 5.74) is 4.36. The van der Waals surface area contributed by atoms with Crippen molar-refractivity contribution in [1.29, 1.82) is 0 Å². The Balaban J connectivity index is 2.05. The van der Waals surface area contributed by atoms with Gasteiger partial charge in [-0.05, 0) is 36.1 Å². The quantitative estimate of drug-likeness (QED) is 0.703. The van der Waals surface area contributed by atoms with Crippen LogP contribution >= 0.6 is 0 Å². The number of carbonyl (C=O) groups is 1. The number of amides is 1. The van der Waals surface area contributed by atoms with E-state index in [-0.39, 0.29) is 11.4 Å². The highest BCUT2D eigenvalue weighted by Crippen LogP contribution is 2.47. The molecule has 2 aliphatic rings. The molecule has 19 heavy (non-hydrogen) atoms. The minimum Gasteiger partial charge on any atom is -0.325 e. The lowest BCUT2D eigenvalue weighted by atomic mass is 9.79. The molecule has 0 bridgehead atoms. The van der Waals surface area contributed by atoms with Crippen molar-refractivity contribution in [3.8, 4) is 0 Å². The van der Waals surface area contributed by atoms with Gasteiger partial charge in [-0.15, -0.1) is 0 Å². The molecule has 1 unspecified atom stereocenters. The number of fused-ring (bicyclic) bond motifs is 5. The zero-order valence-electron chi connectivity index (χ0n) is 10.9. The molecule has 0 fully saturated rings. The maximum Gasteiger partial charge on any atom is 0.255 e. The molecule has 0 spiro atoms. The van der Waals surface area contributed by atoms with Crippen LogP contribution in [0.2, 0.25) is 0 Å². The standard InChI is InChI=1S/C17H15NO/c1-17-14-8-4-2-6-12(14)10-11-18(17)16(19)13-7-3-5-9-15(13)17/h2-9H,10-11H2,1H3. The van der Waals surface area contributed by atoms with Crippen molar-refractivity contribution in [2.45, 2.75) is 18.9 Å². The Morgan fingerprint density at radius 1 is 1.00 bits per heavy atom. The summed E-state index contributed by atoms with van der Waals surface area (Å²) in [6, 6.07) is 16.5. The Kier molecular flexibility index (Phi) is 1.97. The van der Waals surface area contributed by atoms with Crippen molar-refractivity contribution in [2.75, 3.05) is 6.54 Å². The molecule has 0 saturated carbocycles. The summed E-state index contributed by atoms with van der Waals surface area (Å²) >= 11 is 0.